The third kappa shape index (κ3) is 2.60. The lowest BCUT2D eigenvalue weighted by Crippen LogP contribution is -2.41. The van der Waals surface area contributed by atoms with E-state index in [0.717, 1.165) is 29.9 Å². The number of benzene rings is 2. The predicted molar refractivity (Wildman–Crippen MR) is 100 cm³/mol. The maximum absolute atomic E-state index is 11.2. The molecule has 0 aromatic heterocycles. The molecule has 0 N–H and O–H groups in total. The standard InChI is InChI=1S/C21H24N2O2/c1-15-13-18(14-16(2)20(15)23(24)25)22-11-9-21(10-12-22)8-7-17-5-3-4-6-19(17)21/h3-6,13-14H,7-12H2,1-2H3. The maximum atomic E-state index is 11.2. The van der Waals surface area contributed by atoms with E-state index < -0.39 is 0 Å². The van der Waals surface area contributed by atoms with Gasteiger partial charge in [-0.05, 0) is 68.2 Å². The maximum Gasteiger partial charge on any atom is 0.275 e. The first-order chi connectivity index (χ1) is 12.0. The lowest BCUT2D eigenvalue weighted by atomic mass is 9.74. The minimum absolute atomic E-state index is 0.252. The largest absolute Gasteiger partial charge is 0.371 e. The Balaban J connectivity index is 1.56. The van der Waals surface area contributed by atoms with Crippen molar-refractivity contribution < 1.29 is 4.92 Å². The van der Waals surface area contributed by atoms with Gasteiger partial charge in [-0.3, -0.25) is 10.1 Å². The third-order valence-electron chi connectivity index (χ3n) is 6.21. The molecule has 0 bridgehead atoms. The molecule has 2 aliphatic rings. The lowest BCUT2D eigenvalue weighted by molar-refractivity contribution is -0.386. The van der Waals surface area contributed by atoms with Crippen LogP contribution >= 0.6 is 0 Å². The summed E-state index contributed by atoms with van der Waals surface area (Å²) in [6, 6.07) is 12.9. The Hall–Kier alpha value is -2.36. The highest BCUT2D eigenvalue weighted by Gasteiger charge is 2.41. The summed E-state index contributed by atoms with van der Waals surface area (Å²) >= 11 is 0. The highest BCUT2D eigenvalue weighted by atomic mass is 16.6. The zero-order valence-electron chi connectivity index (χ0n) is 14.9. The van der Waals surface area contributed by atoms with E-state index in [0.29, 0.717) is 5.41 Å². The molecule has 130 valence electrons. The monoisotopic (exact) mass is 336 g/mol. The fraction of sp³-hybridized carbons (Fsp3) is 0.429. The lowest BCUT2D eigenvalue weighted by Gasteiger charge is -2.41. The van der Waals surface area contributed by atoms with E-state index in [1.54, 1.807) is 5.56 Å². The average Bonchev–Trinajstić information content (AvgIpc) is 2.93. The van der Waals surface area contributed by atoms with Crippen LogP contribution in [0.25, 0.3) is 0 Å². The van der Waals surface area contributed by atoms with Crippen molar-refractivity contribution in [3.63, 3.8) is 0 Å². The molecule has 1 aliphatic heterocycles. The van der Waals surface area contributed by atoms with Crippen molar-refractivity contribution in [2.45, 2.75) is 44.9 Å². The second-order valence-electron chi connectivity index (χ2n) is 7.61. The summed E-state index contributed by atoms with van der Waals surface area (Å²) in [5.74, 6) is 0. The van der Waals surface area contributed by atoms with Crippen molar-refractivity contribution in [2.24, 2.45) is 0 Å². The van der Waals surface area contributed by atoms with E-state index in [1.165, 1.54) is 31.2 Å². The molecule has 1 aliphatic carbocycles. The number of nitro benzene ring substituents is 1. The quantitative estimate of drug-likeness (QED) is 0.590. The third-order valence-corrected chi connectivity index (χ3v) is 6.21. The minimum Gasteiger partial charge on any atom is -0.371 e. The molecule has 4 heteroatoms. The normalized spacial score (nSPS) is 18.4. The van der Waals surface area contributed by atoms with Crippen LogP contribution < -0.4 is 4.90 Å². The molecule has 0 atom stereocenters. The molecular formula is C21H24N2O2. The van der Waals surface area contributed by atoms with E-state index in [2.05, 4.69) is 29.2 Å². The highest BCUT2D eigenvalue weighted by molar-refractivity contribution is 5.60. The first-order valence-corrected chi connectivity index (χ1v) is 9.09. The number of piperidine rings is 1. The summed E-state index contributed by atoms with van der Waals surface area (Å²) in [5, 5.41) is 11.2. The molecule has 1 saturated heterocycles. The zero-order valence-corrected chi connectivity index (χ0v) is 14.9. The molecule has 4 rings (SSSR count). The van der Waals surface area contributed by atoms with Crippen LogP contribution in [0.4, 0.5) is 11.4 Å². The molecule has 1 heterocycles. The number of rotatable bonds is 2. The topological polar surface area (TPSA) is 46.4 Å². The minimum atomic E-state index is -0.269. The van der Waals surface area contributed by atoms with Gasteiger partial charge in [0.05, 0.1) is 4.92 Å². The molecule has 1 fully saturated rings. The summed E-state index contributed by atoms with van der Waals surface area (Å²) in [4.78, 5) is 13.3. The van der Waals surface area contributed by atoms with E-state index in [-0.39, 0.29) is 10.6 Å². The number of hydrogen-bond donors (Lipinski definition) is 0. The highest BCUT2D eigenvalue weighted by Crippen LogP contribution is 2.46. The van der Waals surface area contributed by atoms with Crippen LogP contribution in [0.2, 0.25) is 0 Å². The number of nitrogens with zero attached hydrogens (tertiary/aromatic N) is 2. The van der Waals surface area contributed by atoms with Crippen molar-refractivity contribution >= 4 is 11.4 Å². The van der Waals surface area contributed by atoms with Crippen molar-refractivity contribution in [3.8, 4) is 0 Å². The zero-order chi connectivity index (χ0) is 17.6. The van der Waals surface area contributed by atoms with E-state index in [9.17, 15) is 10.1 Å². The molecule has 0 radical (unpaired) electrons. The van der Waals surface area contributed by atoms with Crippen LogP contribution in [0.5, 0.6) is 0 Å². The number of anilines is 1. The average molecular weight is 336 g/mol. The van der Waals surface area contributed by atoms with Gasteiger partial charge in [-0.15, -0.1) is 0 Å². The van der Waals surface area contributed by atoms with Crippen molar-refractivity contribution in [1.29, 1.82) is 0 Å². The van der Waals surface area contributed by atoms with Crippen LogP contribution in [0.3, 0.4) is 0 Å². The first-order valence-electron chi connectivity index (χ1n) is 9.09. The van der Waals surface area contributed by atoms with Gasteiger partial charge < -0.3 is 4.90 Å². The van der Waals surface area contributed by atoms with Gasteiger partial charge in [0.25, 0.3) is 5.69 Å². The van der Waals surface area contributed by atoms with E-state index >= 15 is 0 Å². The Labute approximate surface area is 148 Å². The Kier molecular flexibility index (Phi) is 3.78. The molecule has 1 spiro atoms. The number of aryl methyl sites for hydroxylation is 3. The van der Waals surface area contributed by atoms with E-state index in [4.69, 9.17) is 0 Å². The molecule has 0 unspecified atom stereocenters. The first kappa shape index (κ1) is 16.1. The van der Waals surface area contributed by atoms with Crippen molar-refractivity contribution in [2.75, 3.05) is 18.0 Å². The molecule has 25 heavy (non-hydrogen) atoms. The predicted octanol–water partition coefficient (Wildman–Crippen LogP) is 4.70. The SMILES string of the molecule is Cc1cc(N2CCC3(CCc4ccccc43)CC2)cc(C)c1[N+](=O)[O-]. The smallest absolute Gasteiger partial charge is 0.275 e. The summed E-state index contributed by atoms with van der Waals surface area (Å²) in [6.07, 6.45) is 4.79. The number of nitro groups is 1. The van der Waals surface area contributed by atoms with Crippen LogP contribution in [0, 0.1) is 24.0 Å². The van der Waals surface area contributed by atoms with Crippen LogP contribution in [-0.2, 0) is 11.8 Å². The van der Waals surface area contributed by atoms with Crippen LogP contribution in [0.1, 0.15) is 41.5 Å². The molecule has 2 aromatic carbocycles. The van der Waals surface area contributed by atoms with Gasteiger partial charge in [-0.25, -0.2) is 0 Å². The Morgan fingerprint density at radius 3 is 2.32 bits per heavy atom. The van der Waals surface area contributed by atoms with Gasteiger partial charge in [0.2, 0.25) is 0 Å². The fourth-order valence-corrected chi connectivity index (χ4v) is 4.88. The summed E-state index contributed by atoms with van der Waals surface area (Å²) < 4.78 is 0. The molecule has 2 aromatic rings. The fourth-order valence-electron chi connectivity index (χ4n) is 4.88. The van der Waals surface area contributed by atoms with Gasteiger partial charge in [0, 0.05) is 29.9 Å². The van der Waals surface area contributed by atoms with Gasteiger partial charge >= 0.3 is 0 Å². The number of fused-ring (bicyclic) bond motifs is 2. The van der Waals surface area contributed by atoms with Crippen molar-refractivity contribution in [1.82, 2.24) is 0 Å². The van der Waals surface area contributed by atoms with Gasteiger partial charge in [-0.1, -0.05) is 24.3 Å². The Morgan fingerprint density at radius 1 is 1.04 bits per heavy atom. The van der Waals surface area contributed by atoms with Gasteiger partial charge in [0.1, 0.15) is 0 Å². The van der Waals surface area contributed by atoms with Crippen molar-refractivity contribution in [3.05, 3.63) is 68.8 Å². The van der Waals surface area contributed by atoms with Gasteiger partial charge in [0.15, 0.2) is 0 Å². The van der Waals surface area contributed by atoms with Crippen LogP contribution in [0.15, 0.2) is 36.4 Å². The van der Waals surface area contributed by atoms with Gasteiger partial charge in [-0.2, -0.15) is 0 Å². The van der Waals surface area contributed by atoms with E-state index in [1.807, 2.05) is 26.0 Å². The summed E-state index contributed by atoms with van der Waals surface area (Å²) in [7, 11) is 0. The summed E-state index contributed by atoms with van der Waals surface area (Å²) in [6.45, 7) is 5.72. The Morgan fingerprint density at radius 2 is 1.68 bits per heavy atom. The molecule has 4 nitrogen and oxygen atoms in total. The summed E-state index contributed by atoms with van der Waals surface area (Å²) in [5.41, 5.74) is 6.32. The Bertz CT molecular complexity index is 813. The second kappa shape index (κ2) is 5.87. The van der Waals surface area contributed by atoms with Crippen LogP contribution in [-0.4, -0.2) is 18.0 Å². The number of hydrogen-bond acceptors (Lipinski definition) is 3. The second-order valence-corrected chi connectivity index (χ2v) is 7.61. The molecular weight excluding hydrogens is 312 g/mol. The molecule has 0 saturated carbocycles. The molecule has 0 amide bonds.